The summed E-state index contributed by atoms with van der Waals surface area (Å²) in [5, 5.41) is 10.7. The number of nitrogens with one attached hydrogen (secondary N) is 1. The molecule has 21 heavy (non-hydrogen) atoms. The van der Waals surface area contributed by atoms with Gasteiger partial charge in [0, 0.05) is 6.42 Å². The maximum absolute atomic E-state index is 11.5. The number of carbonyl (C=O) groups is 1. The van der Waals surface area contributed by atoms with Gasteiger partial charge in [-0.05, 0) is 18.6 Å². The molecule has 0 aliphatic heterocycles. The summed E-state index contributed by atoms with van der Waals surface area (Å²) in [6.07, 6.45) is 2.39. The van der Waals surface area contributed by atoms with Crippen LogP contribution in [-0.4, -0.2) is 23.2 Å². The number of methoxy groups -OCH3 is 1. The Bertz CT molecular complexity index is 595. The first kappa shape index (κ1) is 15.0. The van der Waals surface area contributed by atoms with E-state index in [9.17, 15) is 4.79 Å². The van der Waals surface area contributed by atoms with Crippen LogP contribution in [0.1, 0.15) is 32.1 Å². The molecule has 1 heterocycles. The number of unbranched alkanes of at least 4 members (excludes halogenated alkanes) is 1. The summed E-state index contributed by atoms with van der Waals surface area (Å²) in [5.74, 6) is 1.42. The van der Waals surface area contributed by atoms with E-state index in [1.54, 1.807) is 7.11 Å². The molecule has 0 aliphatic carbocycles. The van der Waals surface area contributed by atoms with E-state index in [1.807, 2.05) is 31.2 Å². The molecule has 112 valence electrons. The van der Waals surface area contributed by atoms with E-state index in [0.717, 1.165) is 18.4 Å². The standard InChI is InChI=1S/C15H19N3O3/c1-3-4-9-13(19)16-10-14-17-18-15(21-14)11-7-5-6-8-12(11)20-2/h5-8H,3-4,9-10H2,1-2H3,(H,16,19). The fourth-order valence-corrected chi connectivity index (χ4v) is 1.86. The molecule has 1 aromatic heterocycles. The van der Waals surface area contributed by atoms with E-state index >= 15 is 0 Å². The van der Waals surface area contributed by atoms with E-state index in [2.05, 4.69) is 15.5 Å². The highest BCUT2D eigenvalue weighted by Gasteiger charge is 2.13. The SMILES string of the molecule is CCCCC(=O)NCc1nnc(-c2ccccc2OC)o1. The molecular formula is C15H19N3O3. The molecule has 0 bridgehead atoms. The molecule has 0 unspecified atom stereocenters. The third-order valence-corrected chi connectivity index (χ3v) is 3.00. The van der Waals surface area contributed by atoms with Crippen LogP contribution in [0.15, 0.2) is 28.7 Å². The maximum Gasteiger partial charge on any atom is 0.251 e. The average molecular weight is 289 g/mol. The van der Waals surface area contributed by atoms with Crippen LogP contribution in [0.4, 0.5) is 0 Å². The lowest BCUT2D eigenvalue weighted by Crippen LogP contribution is -2.22. The highest BCUT2D eigenvalue weighted by molar-refractivity contribution is 5.75. The van der Waals surface area contributed by atoms with Gasteiger partial charge >= 0.3 is 0 Å². The van der Waals surface area contributed by atoms with Crippen LogP contribution >= 0.6 is 0 Å². The summed E-state index contributed by atoms with van der Waals surface area (Å²) >= 11 is 0. The van der Waals surface area contributed by atoms with Crippen molar-refractivity contribution >= 4 is 5.91 Å². The van der Waals surface area contributed by atoms with Gasteiger partial charge < -0.3 is 14.5 Å². The number of rotatable bonds is 7. The zero-order valence-corrected chi connectivity index (χ0v) is 12.3. The van der Waals surface area contributed by atoms with Crippen LogP contribution in [-0.2, 0) is 11.3 Å². The summed E-state index contributed by atoms with van der Waals surface area (Å²) in [4.78, 5) is 11.5. The molecule has 0 atom stereocenters. The van der Waals surface area contributed by atoms with Crippen molar-refractivity contribution in [1.82, 2.24) is 15.5 Å². The predicted molar refractivity (Wildman–Crippen MR) is 77.7 cm³/mol. The molecule has 6 heteroatoms. The highest BCUT2D eigenvalue weighted by atomic mass is 16.5. The van der Waals surface area contributed by atoms with Crippen molar-refractivity contribution in [2.45, 2.75) is 32.7 Å². The molecule has 1 N–H and O–H groups in total. The fourth-order valence-electron chi connectivity index (χ4n) is 1.86. The molecular weight excluding hydrogens is 270 g/mol. The number of amides is 1. The smallest absolute Gasteiger partial charge is 0.251 e. The third kappa shape index (κ3) is 4.05. The van der Waals surface area contributed by atoms with Crippen molar-refractivity contribution in [2.75, 3.05) is 7.11 Å². The minimum Gasteiger partial charge on any atom is -0.496 e. The van der Waals surface area contributed by atoms with Gasteiger partial charge in [-0.2, -0.15) is 0 Å². The quantitative estimate of drug-likeness (QED) is 0.847. The van der Waals surface area contributed by atoms with E-state index in [1.165, 1.54) is 0 Å². The Balaban J connectivity index is 2.00. The lowest BCUT2D eigenvalue weighted by molar-refractivity contribution is -0.121. The predicted octanol–water partition coefficient (Wildman–Crippen LogP) is 2.55. The Morgan fingerprint density at radius 2 is 2.14 bits per heavy atom. The second-order valence-corrected chi connectivity index (χ2v) is 4.58. The second kappa shape index (κ2) is 7.42. The van der Waals surface area contributed by atoms with E-state index < -0.39 is 0 Å². The fraction of sp³-hybridized carbons (Fsp3) is 0.400. The zero-order valence-electron chi connectivity index (χ0n) is 12.3. The molecule has 1 amide bonds. The molecule has 0 aliphatic rings. The number of nitrogens with zero attached hydrogens (tertiary/aromatic N) is 2. The minimum atomic E-state index is -0.00566. The Kier molecular flexibility index (Phi) is 5.31. The van der Waals surface area contributed by atoms with Crippen molar-refractivity contribution in [3.63, 3.8) is 0 Å². The maximum atomic E-state index is 11.5. The first-order valence-electron chi connectivity index (χ1n) is 6.97. The summed E-state index contributed by atoms with van der Waals surface area (Å²) in [7, 11) is 1.59. The number of carbonyl (C=O) groups excluding carboxylic acids is 1. The van der Waals surface area contributed by atoms with Gasteiger partial charge in [0.1, 0.15) is 5.75 Å². The van der Waals surface area contributed by atoms with Crippen LogP contribution in [0.5, 0.6) is 5.75 Å². The summed E-state index contributed by atoms with van der Waals surface area (Å²) in [6.45, 7) is 2.29. The van der Waals surface area contributed by atoms with Crippen molar-refractivity contribution in [2.24, 2.45) is 0 Å². The summed E-state index contributed by atoms with van der Waals surface area (Å²) in [6, 6.07) is 7.41. The summed E-state index contributed by atoms with van der Waals surface area (Å²) < 4.78 is 10.8. The average Bonchev–Trinajstić information content (AvgIpc) is 2.99. The van der Waals surface area contributed by atoms with Gasteiger partial charge in [0.25, 0.3) is 5.89 Å². The molecule has 2 rings (SSSR count). The van der Waals surface area contributed by atoms with Crippen molar-refractivity contribution in [1.29, 1.82) is 0 Å². The van der Waals surface area contributed by atoms with Crippen molar-refractivity contribution < 1.29 is 13.9 Å². The summed E-state index contributed by atoms with van der Waals surface area (Å²) in [5.41, 5.74) is 0.732. The molecule has 6 nitrogen and oxygen atoms in total. The van der Waals surface area contributed by atoms with Crippen LogP contribution in [0.3, 0.4) is 0 Å². The lowest BCUT2D eigenvalue weighted by Gasteiger charge is -2.03. The molecule has 0 spiro atoms. The molecule has 1 aromatic carbocycles. The van der Waals surface area contributed by atoms with Crippen LogP contribution in [0, 0.1) is 0 Å². The first-order chi connectivity index (χ1) is 10.2. The van der Waals surface area contributed by atoms with E-state index in [4.69, 9.17) is 9.15 Å². The number of benzene rings is 1. The van der Waals surface area contributed by atoms with Crippen LogP contribution in [0.25, 0.3) is 11.5 Å². The van der Waals surface area contributed by atoms with Crippen LogP contribution < -0.4 is 10.1 Å². The molecule has 2 aromatic rings. The zero-order chi connectivity index (χ0) is 15.1. The monoisotopic (exact) mass is 289 g/mol. The van der Waals surface area contributed by atoms with E-state index in [-0.39, 0.29) is 12.5 Å². The third-order valence-electron chi connectivity index (χ3n) is 3.00. The van der Waals surface area contributed by atoms with Gasteiger partial charge in [-0.25, -0.2) is 0 Å². The van der Waals surface area contributed by atoms with Gasteiger partial charge in [0.2, 0.25) is 11.8 Å². The number of hydrogen-bond acceptors (Lipinski definition) is 5. The second-order valence-electron chi connectivity index (χ2n) is 4.58. The van der Waals surface area contributed by atoms with Crippen molar-refractivity contribution in [3.8, 4) is 17.2 Å². The highest BCUT2D eigenvalue weighted by Crippen LogP contribution is 2.28. The van der Waals surface area contributed by atoms with Crippen molar-refractivity contribution in [3.05, 3.63) is 30.2 Å². The topological polar surface area (TPSA) is 77.2 Å². The molecule has 0 radical (unpaired) electrons. The first-order valence-corrected chi connectivity index (χ1v) is 6.97. The normalized spacial score (nSPS) is 10.4. The molecule has 0 saturated heterocycles. The Morgan fingerprint density at radius 3 is 2.90 bits per heavy atom. The van der Waals surface area contributed by atoms with Gasteiger partial charge in [-0.3, -0.25) is 4.79 Å². The largest absolute Gasteiger partial charge is 0.496 e. The molecule has 0 saturated carbocycles. The number of para-hydroxylation sites is 1. The van der Waals surface area contributed by atoms with E-state index in [0.29, 0.717) is 24.0 Å². The van der Waals surface area contributed by atoms with Gasteiger partial charge in [-0.15, -0.1) is 10.2 Å². The van der Waals surface area contributed by atoms with Gasteiger partial charge in [-0.1, -0.05) is 25.5 Å². The number of hydrogen-bond donors (Lipinski definition) is 1. The minimum absolute atomic E-state index is 0.00566. The molecule has 0 fully saturated rings. The Labute approximate surface area is 123 Å². The lowest BCUT2D eigenvalue weighted by atomic mass is 10.2. The van der Waals surface area contributed by atoms with Gasteiger partial charge in [0.05, 0.1) is 19.2 Å². The number of ether oxygens (including phenoxy) is 1. The van der Waals surface area contributed by atoms with Gasteiger partial charge in [0.15, 0.2) is 0 Å². The Morgan fingerprint density at radius 1 is 1.33 bits per heavy atom. The van der Waals surface area contributed by atoms with Crippen LogP contribution in [0.2, 0.25) is 0 Å². The number of aromatic nitrogens is 2. The Hall–Kier alpha value is -2.37.